The first kappa shape index (κ1) is 10.6. The zero-order chi connectivity index (χ0) is 5.98. The third-order valence-electron chi connectivity index (χ3n) is 1.99. The molecule has 0 amide bonds. The van der Waals surface area contributed by atoms with Gasteiger partial charge in [0.1, 0.15) is 0 Å². The van der Waals surface area contributed by atoms with E-state index >= 15 is 0 Å². The molecule has 0 aromatic carbocycles. The van der Waals surface area contributed by atoms with Crippen LogP contribution in [-0.4, -0.2) is 62.6 Å². The molecule has 0 saturated heterocycles. The van der Waals surface area contributed by atoms with E-state index in [2.05, 4.69) is 6.92 Å². The molecule has 0 aromatic heterocycles. The molecule has 0 bridgehead atoms. The maximum atomic E-state index is 9.03. The second-order valence-electron chi connectivity index (χ2n) is 2.91. The van der Waals surface area contributed by atoms with Gasteiger partial charge < -0.3 is 5.11 Å². The average molecular weight is 154 g/mol. The first-order valence-electron chi connectivity index (χ1n) is 3.47. The van der Waals surface area contributed by atoms with Gasteiger partial charge in [-0.25, -0.2) is 0 Å². The first-order valence-corrected chi connectivity index (χ1v) is 3.47. The number of rotatable bonds is 0. The molecule has 1 rings (SSSR count). The molecule has 2 heteroatoms. The van der Waals surface area contributed by atoms with Crippen LogP contribution in [0.3, 0.4) is 0 Å². The zero-order valence-corrected chi connectivity index (χ0v) is 5.43. The van der Waals surface area contributed by atoms with Crippen LogP contribution in [0.2, 0.25) is 0 Å². The van der Waals surface area contributed by atoms with Gasteiger partial charge in [0.15, 0.2) is 0 Å². The van der Waals surface area contributed by atoms with Crippen molar-refractivity contribution in [3.8, 4) is 0 Å². The molecular weight excluding hydrogens is 139 g/mol. The summed E-state index contributed by atoms with van der Waals surface area (Å²) in [7, 11) is 0. The normalized spacial score (nSPS) is 35.3. The third-order valence-corrected chi connectivity index (χ3v) is 1.99. The SMILES string of the molecule is CC1CCC(O)CC1.[KH]. The Hall–Kier alpha value is 1.60. The average Bonchev–Trinajstić information content (AvgIpc) is 1.77. The van der Waals surface area contributed by atoms with Crippen LogP contribution in [0.4, 0.5) is 0 Å². The zero-order valence-electron chi connectivity index (χ0n) is 5.43. The van der Waals surface area contributed by atoms with Gasteiger partial charge in [0.05, 0.1) is 6.10 Å². The van der Waals surface area contributed by atoms with Gasteiger partial charge in [0, 0.05) is 0 Å². The molecule has 0 radical (unpaired) electrons. The molecule has 9 heavy (non-hydrogen) atoms. The molecule has 1 fully saturated rings. The molecule has 1 N–H and O–H groups in total. The minimum atomic E-state index is 0. The topological polar surface area (TPSA) is 20.2 Å². The van der Waals surface area contributed by atoms with Crippen LogP contribution in [0.25, 0.3) is 0 Å². The van der Waals surface area contributed by atoms with Crippen molar-refractivity contribution in [2.45, 2.75) is 38.7 Å². The third kappa shape index (κ3) is 4.12. The van der Waals surface area contributed by atoms with Crippen LogP contribution in [0, 0.1) is 5.92 Å². The van der Waals surface area contributed by atoms with Crippen LogP contribution >= 0.6 is 0 Å². The van der Waals surface area contributed by atoms with E-state index in [1.165, 1.54) is 12.8 Å². The molecule has 1 aliphatic rings. The Morgan fingerprint density at radius 3 is 1.89 bits per heavy atom. The van der Waals surface area contributed by atoms with Crippen molar-refractivity contribution < 1.29 is 5.11 Å². The van der Waals surface area contributed by atoms with Crippen molar-refractivity contribution in [1.82, 2.24) is 0 Å². The van der Waals surface area contributed by atoms with E-state index in [1.807, 2.05) is 0 Å². The quantitative estimate of drug-likeness (QED) is 0.514. The van der Waals surface area contributed by atoms with Crippen LogP contribution < -0.4 is 0 Å². The summed E-state index contributed by atoms with van der Waals surface area (Å²) in [6, 6.07) is 0. The van der Waals surface area contributed by atoms with Gasteiger partial charge >= 0.3 is 51.4 Å². The van der Waals surface area contributed by atoms with Crippen molar-refractivity contribution in [2.24, 2.45) is 5.92 Å². The molecule has 1 nitrogen and oxygen atoms in total. The maximum absolute atomic E-state index is 9.03. The predicted molar refractivity (Wildman–Crippen MR) is 40.8 cm³/mol. The minimum absolute atomic E-state index is 0. The molecule has 50 valence electrons. The Balaban J connectivity index is 0.000000640. The van der Waals surface area contributed by atoms with Gasteiger partial charge in [-0.15, -0.1) is 0 Å². The summed E-state index contributed by atoms with van der Waals surface area (Å²) in [5, 5.41) is 9.03. The molecule has 0 unspecified atom stereocenters. The van der Waals surface area contributed by atoms with Crippen LogP contribution in [0.1, 0.15) is 32.6 Å². The van der Waals surface area contributed by atoms with Crippen molar-refractivity contribution in [3.05, 3.63) is 0 Å². The van der Waals surface area contributed by atoms with E-state index in [0.29, 0.717) is 0 Å². The molecule has 0 spiro atoms. The van der Waals surface area contributed by atoms with E-state index in [9.17, 15) is 0 Å². The fourth-order valence-corrected chi connectivity index (χ4v) is 1.24. The Kier molecular flexibility index (Phi) is 6.21. The summed E-state index contributed by atoms with van der Waals surface area (Å²) in [6.07, 6.45) is 4.52. The molecule has 0 aliphatic heterocycles. The Morgan fingerprint density at radius 2 is 1.56 bits per heavy atom. The number of hydrogen-bond acceptors (Lipinski definition) is 1. The second-order valence-corrected chi connectivity index (χ2v) is 2.91. The summed E-state index contributed by atoms with van der Waals surface area (Å²) in [6.45, 7) is 2.26. The van der Waals surface area contributed by atoms with Gasteiger partial charge in [0.25, 0.3) is 0 Å². The van der Waals surface area contributed by atoms with Gasteiger partial charge in [-0.3, -0.25) is 0 Å². The molecule has 0 aromatic rings. The summed E-state index contributed by atoms with van der Waals surface area (Å²) in [5.74, 6) is 0.860. The van der Waals surface area contributed by atoms with E-state index in [1.54, 1.807) is 0 Å². The van der Waals surface area contributed by atoms with Crippen LogP contribution in [0.5, 0.6) is 0 Å². The van der Waals surface area contributed by atoms with E-state index in [4.69, 9.17) is 5.11 Å². The number of hydrogen-bond donors (Lipinski definition) is 1. The van der Waals surface area contributed by atoms with Crippen molar-refractivity contribution >= 4 is 51.4 Å². The van der Waals surface area contributed by atoms with Crippen molar-refractivity contribution in [2.75, 3.05) is 0 Å². The summed E-state index contributed by atoms with van der Waals surface area (Å²) < 4.78 is 0. The van der Waals surface area contributed by atoms with Crippen LogP contribution in [0.15, 0.2) is 0 Å². The summed E-state index contributed by atoms with van der Waals surface area (Å²) in [4.78, 5) is 0. The first-order chi connectivity index (χ1) is 3.79. The fraction of sp³-hybridized carbons (Fsp3) is 1.00. The van der Waals surface area contributed by atoms with E-state index in [0.717, 1.165) is 18.8 Å². The monoisotopic (exact) mass is 154 g/mol. The summed E-state index contributed by atoms with van der Waals surface area (Å²) in [5.41, 5.74) is 0. The molecule has 1 aliphatic carbocycles. The fourth-order valence-electron chi connectivity index (χ4n) is 1.24. The van der Waals surface area contributed by atoms with E-state index in [-0.39, 0.29) is 57.5 Å². The Bertz CT molecular complexity index is 57.3. The van der Waals surface area contributed by atoms with E-state index < -0.39 is 0 Å². The van der Waals surface area contributed by atoms with Gasteiger partial charge in [-0.2, -0.15) is 0 Å². The van der Waals surface area contributed by atoms with Crippen LogP contribution in [-0.2, 0) is 0 Å². The van der Waals surface area contributed by atoms with Gasteiger partial charge in [-0.05, 0) is 31.6 Å². The van der Waals surface area contributed by atoms with Gasteiger partial charge in [-0.1, -0.05) is 6.92 Å². The molecule has 1 saturated carbocycles. The predicted octanol–water partition coefficient (Wildman–Crippen LogP) is 0.909. The Morgan fingerprint density at radius 1 is 1.11 bits per heavy atom. The number of aliphatic hydroxyl groups excluding tert-OH is 1. The number of aliphatic hydroxyl groups is 1. The second kappa shape index (κ2) is 5.27. The van der Waals surface area contributed by atoms with Crippen molar-refractivity contribution in [1.29, 1.82) is 0 Å². The van der Waals surface area contributed by atoms with Crippen molar-refractivity contribution in [3.63, 3.8) is 0 Å². The molecule has 0 heterocycles. The molecule has 0 atom stereocenters. The standard InChI is InChI=1S/C7H14O.K.H/c1-6-2-4-7(8)5-3-6;;/h6-8H,2-5H2,1H3;;. The Labute approximate surface area is 99.6 Å². The van der Waals surface area contributed by atoms with Gasteiger partial charge in [0.2, 0.25) is 0 Å². The molecular formula is C7H15KO. The summed E-state index contributed by atoms with van der Waals surface area (Å²) >= 11 is 0.